The van der Waals surface area contributed by atoms with E-state index in [1.807, 2.05) is 61.5 Å². The number of hydrogen-bond donors (Lipinski definition) is 2. The van der Waals surface area contributed by atoms with Crippen molar-refractivity contribution in [3.8, 4) is 0 Å². The molecule has 4 rings (SSSR count). The highest BCUT2D eigenvalue weighted by Crippen LogP contribution is 2.27. The van der Waals surface area contributed by atoms with Crippen molar-refractivity contribution in [1.82, 2.24) is 9.80 Å². The summed E-state index contributed by atoms with van der Waals surface area (Å²) in [5, 5.41) is 6.55. The first-order valence-electron chi connectivity index (χ1n) is 10.5. The number of anilines is 2. The average Bonchev–Trinajstić information content (AvgIpc) is 2.82. The van der Waals surface area contributed by atoms with Gasteiger partial charge in [-0.05, 0) is 48.4 Å². The molecule has 3 aromatic carbocycles. The number of piperazine rings is 1. The minimum atomic E-state index is -0.264. The Morgan fingerprint density at radius 1 is 0.844 bits per heavy atom. The Kier molecular flexibility index (Phi) is 6.61. The summed E-state index contributed by atoms with van der Waals surface area (Å²) < 4.78 is 0. The molecule has 0 aliphatic carbocycles. The molecule has 1 aliphatic heterocycles. The molecular weight excluding hydrogens is 424 g/mol. The zero-order chi connectivity index (χ0) is 22.5. The van der Waals surface area contributed by atoms with Gasteiger partial charge in [0.25, 0.3) is 0 Å². The Labute approximate surface area is 192 Å². The van der Waals surface area contributed by atoms with Gasteiger partial charge in [-0.1, -0.05) is 60.1 Å². The van der Waals surface area contributed by atoms with Crippen LogP contribution < -0.4 is 10.6 Å². The van der Waals surface area contributed by atoms with E-state index in [4.69, 9.17) is 11.6 Å². The van der Waals surface area contributed by atoms with Crippen LogP contribution in [0.4, 0.5) is 21.0 Å². The van der Waals surface area contributed by atoms with Crippen LogP contribution in [-0.2, 0) is 0 Å². The number of para-hydroxylation sites is 1. The number of aryl methyl sites for hydroxylation is 1. The van der Waals surface area contributed by atoms with E-state index in [-0.39, 0.29) is 18.1 Å². The Morgan fingerprint density at radius 3 is 2.25 bits per heavy atom. The molecule has 1 unspecified atom stereocenters. The minimum absolute atomic E-state index is 0.169. The number of rotatable bonds is 3. The first kappa shape index (κ1) is 21.7. The Bertz CT molecular complexity index is 1090. The number of carbonyl (C=O) groups excluding carboxylic acids is 2. The lowest BCUT2D eigenvalue weighted by Crippen LogP contribution is -2.54. The smallest absolute Gasteiger partial charge is 0.320 e. The number of halogens is 1. The largest absolute Gasteiger partial charge is 0.322 e. The zero-order valence-corrected chi connectivity index (χ0v) is 18.5. The first-order valence-corrected chi connectivity index (χ1v) is 10.9. The van der Waals surface area contributed by atoms with Crippen molar-refractivity contribution in [2.75, 3.05) is 30.3 Å². The van der Waals surface area contributed by atoms with Gasteiger partial charge in [-0.3, -0.25) is 0 Å². The lowest BCUT2D eigenvalue weighted by Gasteiger charge is -2.41. The van der Waals surface area contributed by atoms with E-state index in [2.05, 4.69) is 10.6 Å². The first-order chi connectivity index (χ1) is 15.5. The molecule has 2 N–H and O–H groups in total. The molecule has 1 aliphatic rings. The van der Waals surface area contributed by atoms with Gasteiger partial charge in [0.15, 0.2) is 0 Å². The second-order valence-corrected chi connectivity index (χ2v) is 8.18. The lowest BCUT2D eigenvalue weighted by atomic mass is 10.0. The number of hydrogen-bond acceptors (Lipinski definition) is 2. The topological polar surface area (TPSA) is 64.7 Å². The van der Waals surface area contributed by atoms with E-state index in [1.54, 1.807) is 34.1 Å². The number of carbonyl (C=O) groups is 2. The number of nitrogens with zero attached hydrogens (tertiary/aromatic N) is 2. The van der Waals surface area contributed by atoms with Crippen LogP contribution >= 0.6 is 11.6 Å². The normalized spacial score (nSPS) is 15.9. The molecular formula is C25H25ClN4O2. The van der Waals surface area contributed by atoms with Crippen LogP contribution in [0.5, 0.6) is 0 Å². The lowest BCUT2D eigenvalue weighted by molar-refractivity contribution is 0.117. The van der Waals surface area contributed by atoms with Crippen LogP contribution in [-0.4, -0.2) is 41.5 Å². The van der Waals surface area contributed by atoms with Crippen molar-refractivity contribution >= 4 is 35.0 Å². The van der Waals surface area contributed by atoms with Crippen LogP contribution in [0.2, 0.25) is 5.02 Å². The van der Waals surface area contributed by atoms with Crippen LogP contribution in [0.3, 0.4) is 0 Å². The minimum Gasteiger partial charge on any atom is -0.320 e. The third kappa shape index (κ3) is 5.03. The average molecular weight is 449 g/mol. The molecule has 1 saturated heterocycles. The highest BCUT2D eigenvalue weighted by Gasteiger charge is 2.33. The SMILES string of the molecule is Cc1ccccc1NC(=O)N1CCN(C(=O)Nc2ccc(Cl)cc2)C(c2ccccc2)C1. The van der Waals surface area contributed by atoms with Gasteiger partial charge in [0.05, 0.1) is 6.04 Å². The fourth-order valence-electron chi connectivity index (χ4n) is 3.81. The van der Waals surface area contributed by atoms with E-state index in [0.29, 0.717) is 30.3 Å². The number of nitrogens with one attached hydrogen (secondary N) is 2. The number of benzene rings is 3. The summed E-state index contributed by atoms with van der Waals surface area (Å²) in [4.78, 5) is 29.6. The quantitative estimate of drug-likeness (QED) is 0.534. The van der Waals surface area contributed by atoms with Gasteiger partial charge in [-0.15, -0.1) is 0 Å². The molecule has 32 heavy (non-hydrogen) atoms. The second kappa shape index (κ2) is 9.75. The van der Waals surface area contributed by atoms with Crippen molar-refractivity contribution in [1.29, 1.82) is 0 Å². The van der Waals surface area contributed by atoms with Crippen LogP contribution in [0, 0.1) is 6.92 Å². The predicted molar refractivity (Wildman–Crippen MR) is 128 cm³/mol. The van der Waals surface area contributed by atoms with Crippen molar-refractivity contribution < 1.29 is 9.59 Å². The van der Waals surface area contributed by atoms with Gasteiger partial charge in [-0.2, -0.15) is 0 Å². The zero-order valence-electron chi connectivity index (χ0n) is 17.8. The molecule has 164 valence electrons. The summed E-state index contributed by atoms with van der Waals surface area (Å²) in [6.07, 6.45) is 0. The summed E-state index contributed by atoms with van der Waals surface area (Å²) in [6.45, 7) is 3.21. The molecule has 1 heterocycles. The maximum Gasteiger partial charge on any atom is 0.322 e. The van der Waals surface area contributed by atoms with E-state index >= 15 is 0 Å². The van der Waals surface area contributed by atoms with E-state index in [9.17, 15) is 9.59 Å². The molecule has 1 fully saturated rings. The van der Waals surface area contributed by atoms with E-state index in [0.717, 1.165) is 16.8 Å². The molecule has 0 spiro atoms. The molecule has 4 amide bonds. The molecule has 0 saturated carbocycles. The number of amides is 4. The molecule has 3 aromatic rings. The van der Waals surface area contributed by atoms with Crippen LogP contribution in [0.25, 0.3) is 0 Å². The van der Waals surface area contributed by atoms with Crippen LogP contribution in [0.15, 0.2) is 78.9 Å². The third-order valence-electron chi connectivity index (χ3n) is 5.59. The summed E-state index contributed by atoms with van der Waals surface area (Å²) in [5.41, 5.74) is 3.44. The molecule has 0 aromatic heterocycles. The maximum absolute atomic E-state index is 13.1. The van der Waals surface area contributed by atoms with E-state index < -0.39 is 0 Å². The Balaban J connectivity index is 1.51. The molecule has 0 bridgehead atoms. The third-order valence-corrected chi connectivity index (χ3v) is 5.85. The monoisotopic (exact) mass is 448 g/mol. The summed E-state index contributed by atoms with van der Waals surface area (Å²) >= 11 is 5.95. The van der Waals surface area contributed by atoms with E-state index in [1.165, 1.54) is 0 Å². The van der Waals surface area contributed by atoms with Crippen molar-refractivity contribution in [3.05, 3.63) is 95.0 Å². The van der Waals surface area contributed by atoms with Gasteiger partial charge >= 0.3 is 12.1 Å². The molecule has 7 heteroatoms. The van der Waals surface area contributed by atoms with Crippen LogP contribution in [0.1, 0.15) is 17.2 Å². The van der Waals surface area contributed by atoms with Gasteiger partial charge in [0.2, 0.25) is 0 Å². The van der Waals surface area contributed by atoms with Crippen molar-refractivity contribution in [2.45, 2.75) is 13.0 Å². The summed E-state index contributed by atoms with van der Waals surface area (Å²) in [6, 6.07) is 23.8. The standard InChI is InChI=1S/C25H25ClN4O2/c1-18-7-5-6-10-22(18)28-24(31)29-15-16-30(23(17-29)19-8-3-2-4-9-19)25(32)27-21-13-11-20(26)12-14-21/h2-14,23H,15-17H2,1H3,(H,27,32)(H,28,31). The van der Waals surface area contributed by atoms with Gasteiger partial charge in [0, 0.05) is 36.0 Å². The molecule has 0 radical (unpaired) electrons. The molecule has 1 atom stereocenters. The molecule has 6 nitrogen and oxygen atoms in total. The fraction of sp³-hybridized carbons (Fsp3) is 0.200. The van der Waals surface area contributed by atoms with Crippen molar-refractivity contribution in [3.63, 3.8) is 0 Å². The Morgan fingerprint density at radius 2 is 1.53 bits per heavy atom. The second-order valence-electron chi connectivity index (χ2n) is 7.75. The van der Waals surface area contributed by atoms with Gasteiger partial charge in [0.1, 0.15) is 0 Å². The maximum atomic E-state index is 13.1. The summed E-state index contributed by atoms with van der Waals surface area (Å²) in [7, 11) is 0. The Hall–Kier alpha value is -3.51. The van der Waals surface area contributed by atoms with Crippen molar-refractivity contribution in [2.24, 2.45) is 0 Å². The van der Waals surface area contributed by atoms with Gasteiger partial charge in [-0.25, -0.2) is 9.59 Å². The highest BCUT2D eigenvalue weighted by atomic mass is 35.5. The number of urea groups is 2. The highest BCUT2D eigenvalue weighted by molar-refractivity contribution is 6.30. The predicted octanol–water partition coefficient (Wildman–Crippen LogP) is 5.77. The fourth-order valence-corrected chi connectivity index (χ4v) is 3.93. The summed E-state index contributed by atoms with van der Waals surface area (Å²) in [5.74, 6) is 0. The van der Waals surface area contributed by atoms with Gasteiger partial charge < -0.3 is 20.4 Å².